The van der Waals surface area contributed by atoms with Gasteiger partial charge in [-0.3, -0.25) is 9.59 Å². The van der Waals surface area contributed by atoms with E-state index < -0.39 is 0 Å². The minimum absolute atomic E-state index is 0.205. The summed E-state index contributed by atoms with van der Waals surface area (Å²) in [6.07, 6.45) is 52.5. The lowest BCUT2D eigenvalue weighted by Gasteiger charge is -2.25. The Balaban J connectivity index is 4.36. The van der Waals surface area contributed by atoms with E-state index in [0.29, 0.717) is 11.8 Å². The lowest BCUT2D eigenvalue weighted by molar-refractivity contribution is -0.136. The molecule has 0 fully saturated rings. The van der Waals surface area contributed by atoms with E-state index in [0.717, 1.165) is 51.9 Å². The molecule has 0 aromatic heterocycles. The molecule has 0 radical (unpaired) electrons. The number of rotatable bonds is 43. The van der Waals surface area contributed by atoms with Crippen molar-refractivity contribution in [3.8, 4) is 0 Å². The lowest BCUT2D eigenvalue weighted by atomic mass is 9.91. The Kier molecular flexibility index (Phi) is 41.8. The van der Waals surface area contributed by atoms with Crippen LogP contribution in [0.1, 0.15) is 260 Å². The molecule has 56 heavy (non-hydrogen) atoms. The van der Waals surface area contributed by atoms with Crippen molar-refractivity contribution in [3.05, 3.63) is 24.3 Å². The third kappa shape index (κ3) is 32.4. The summed E-state index contributed by atoms with van der Waals surface area (Å²) in [4.78, 5) is 30.9. The van der Waals surface area contributed by atoms with Crippen LogP contribution < -0.4 is 0 Å². The van der Waals surface area contributed by atoms with Crippen molar-refractivity contribution < 1.29 is 9.59 Å². The van der Waals surface area contributed by atoms with Gasteiger partial charge in [-0.2, -0.15) is 0 Å². The number of carbonyl (C=O) groups is 2. The molecule has 0 aliphatic heterocycles. The van der Waals surface area contributed by atoms with Gasteiger partial charge >= 0.3 is 0 Å². The molecule has 0 saturated carbocycles. The van der Waals surface area contributed by atoms with E-state index in [9.17, 15) is 9.59 Å². The van der Waals surface area contributed by atoms with E-state index in [4.69, 9.17) is 0 Å². The third-order valence-corrected chi connectivity index (χ3v) is 12.3. The fourth-order valence-corrected chi connectivity index (χ4v) is 8.43. The highest BCUT2D eigenvalue weighted by Crippen LogP contribution is 2.24. The molecule has 2 atom stereocenters. The van der Waals surface area contributed by atoms with Gasteiger partial charge in [-0.15, -0.1) is 0 Å². The molecule has 4 heteroatoms. The van der Waals surface area contributed by atoms with Crippen LogP contribution in [-0.2, 0) is 9.59 Å². The molecule has 330 valence electrons. The second kappa shape index (κ2) is 43.0. The number of allylic oxidation sites excluding steroid dienone is 4. The van der Waals surface area contributed by atoms with Gasteiger partial charge in [0.05, 0.1) is 0 Å². The molecule has 0 aromatic carbocycles. The Bertz CT molecular complexity index is 817. The van der Waals surface area contributed by atoms with Crippen molar-refractivity contribution in [1.82, 2.24) is 9.80 Å². The molecule has 0 saturated heterocycles. The summed E-state index contributed by atoms with van der Waals surface area (Å²) < 4.78 is 0. The van der Waals surface area contributed by atoms with Crippen molar-refractivity contribution in [2.45, 2.75) is 260 Å². The molecule has 0 spiro atoms. The average Bonchev–Trinajstić information content (AvgIpc) is 3.21. The van der Waals surface area contributed by atoms with Gasteiger partial charge in [0.2, 0.25) is 11.8 Å². The maximum absolute atomic E-state index is 13.4. The zero-order valence-electron chi connectivity index (χ0n) is 39.0. The first-order chi connectivity index (χ1) is 27.5. The molecule has 0 N–H and O–H groups in total. The van der Waals surface area contributed by atoms with E-state index in [2.05, 4.69) is 75.6 Å². The summed E-state index contributed by atoms with van der Waals surface area (Å²) in [5, 5.41) is 0. The van der Waals surface area contributed by atoms with Crippen LogP contribution in [0.25, 0.3) is 0 Å². The Labute approximate surface area is 352 Å². The largest absolute Gasteiger partial charge is 0.343 e. The highest BCUT2D eigenvalue weighted by Gasteiger charge is 2.23. The fourth-order valence-electron chi connectivity index (χ4n) is 8.43. The van der Waals surface area contributed by atoms with Crippen LogP contribution in [0.2, 0.25) is 0 Å². The summed E-state index contributed by atoms with van der Waals surface area (Å²) in [5.41, 5.74) is 0. The average molecular weight is 785 g/mol. The second-order valence-corrected chi connectivity index (χ2v) is 17.2. The third-order valence-electron chi connectivity index (χ3n) is 12.3. The number of hydrogen-bond donors (Lipinski definition) is 0. The van der Waals surface area contributed by atoms with E-state index in [1.54, 1.807) is 0 Å². The van der Waals surface area contributed by atoms with Gasteiger partial charge in [-0.1, -0.05) is 179 Å². The molecule has 0 aliphatic carbocycles. The minimum atomic E-state index is 0.205. The van der Waals surface area contributed by atoms with Crippen molar-refractivity contribution >= 4 is 11.8 Å². The zero-order chi connectivity index (χ0) is 41.2. The van der Waals surface area contributed by atoms with E-state index in [-0.39, 0.29) is 11.8 Å². The molecule has 0 aliphatic rings. The Hall–Kier alpha value is -1.58. The number of amides is 2. The first-order valence-electron chi connectivity index (χ1n) is 25.4. The van der Waals surface area contributed by atoms with Gasteiger partial charge in [0.1, 0.15) is 0 Å². The van der Waals surface area contributed by atoms with E-state index >= 15 is 0 Å². The maximum atomic E-state index is 13.4. The maximum Gasteiger partial charge on any atom is 0.225 e. The molecule has 0 aromatic rings. The highest BCUT2D eigenvalue weighted by atomic mass is 16.2. The van der Waals surface area contributed by atoms with Crippen LogP contribution in [0.5, 0.6) is 0 Å². The second-order valence-electron chi connectivity index (χ2n) is 17.2. The van der Waals surface area contributed by atoms with Gasteiger partial charge in [0, 0.05) is 38.0 Å². The van der Waals surface area contributed by atoms with Crippen molar-refractivity contribution in [2.24, 2.45) is 11.8 Å². The smallest absolute Gasteiger partial charge is 0.225 e. The van der Waals surface area contributed by atoms with Crippen molar-refractivity contribution in [3.63, 3.8) is 0 Å². The Morgan fingerprint density at radius 1 is 0.321 bits per heavy atom. The summed E-state index contributed by atoms with van der Waals surface area (Å²) in [7, 11) is 0. The van der Waals surface area contributed by atoms with Crippen molar-refractivity contribution in [1.29, 1.82) is 0 Å². The predicted octanol–water partition coefficient (Wildman–Crippen LogP) is 16.4. The molecule has 0 bridgehead atoms. The predicted molar refractivity (Wildman–Crippen MR) is 249 cm³/mol. The van der Waals surface area contributed by atoms with Gasteiger partial charge < -0.3 is 9.80 Å². The first kappa shape index (κ1) is 54.4. The molecular formula is C52H100N2O2. The van der Waals surface area contributed by atoms with Gasteiger partial charge in [-0.05, 0) is 105 Å². The zero-order valence-corrected chi connectivity index (χ0v) is 39.0. The molecule has 2 unspecified atom stereocenters. The molecule has 0 heterocycles. The summed E-state index contributed by atoms with van der Waals surface area (Å²) >= 11 is 0. The van der Waals surface area contributed by atoms with Gasteiger partial charge in [0.25, 0.3) is 0 Å². The monoisotopic (exact) mass is 785 g/mol. The van der Waals surface area contributed by atoms with E-state index in [1.807, 2.05) is 0 Å². The van der Waals surface area contributed by atoms with Gasteiger partial charge in [-0.25, -0.2) is 0 Å². The van der Waals surface area contributed by atoms with Crippen LogP contribution in [0.4, 0.5) is 0 Å². The fraction of sp³-hybridized carbons (Fsp3) is 0.885. The molecule has 0 rings (SSSR count). The standard InChI is InChI=1S/C52H100N2O2/c1-7-13-15-17-19-21-23-25-27-29-31-33-37-41-45-49(51(55)53(9-3)10-4)47-43-39-35-36-40-44-48-50(52(56)54(11-5)12-6)46-42-38-34-32-30-28-26-24-22-20-18-16-14-8-2/h21-24,49-50H,7-20,25-48H2,1-6H3. The summed E-state index contributed by atoms with van der Waals surface area (Å²) in [6, 6.07) is 0. The Morgan fingerprint density at radius 2 is 0.536 bits per heavy atom. The molecule has 2 amide bonds. The Morgan fingerprint density at radius 3 is 0.768 bits per heavy atom. The van der Waals surface area contributed by atoms with Crippen LogP contribution >= 0.6 is 0 Å². The van der Waals surface area contributed by atoms with Crippen LogP contribution in [0.15, 0.2) is 24.3 Å². The SMILES string of the molecule is CCCCCCC=CCCCCCCCCC(CCCCCCCCC(CCCCCCCCC=CCCCCCC)C(=O)N(CC)CC)C(=O)N(CC)CC. The van der Waals surface area contributed by atoms with Crippen molar-refractivity contribution in [2.75, 3.05) is 26.2 Å². The molecule has 4 nitrogen and oxygen atoms in total. The lowest BCUT2D eigenvalue weighted by Crippen LogP contribution is -2.36. The summed E-state index contributed by atoms with van der Waals surface area (Å²) in [5.74, 6) is 1.21. The number of hydrogen-bond acceptors (Lipinski definition) is 2. The topological polar surface area (TPSA) is 40.6 Å². The number of unbranched alkanes of at least 4 members (excludes halogenated alkanes) is 25. The minimum Gasteiger partial charge on any atom is -0.343 e. The normalized spacial score (nSPS) is 12.9. The quantitative estimate of drug-likeness (QED) is 0.0456. The van der Waals surface area contributed by atoms with E-state index in [1.165, 1.54) is 193 Å². The van der Waals surface area contributed by atoms with Crippen LogP contribution in [0.3, 0.4) is 0 Å². The first-order valence-corrected chi connectivity index (χ1v) is 25.4. The molecular weight excluding hydrogens is 685 g/mol. The van der Waals surface area contributed by atoms with Crippen LogP contribution in [-0.4, -0.2) is 47.8 Å². The highest BCUT2D eigenvalue weighted by molar-refractivity contribution is 5.79. The van der Waals surface area contributed by atoms with Gasteiger partial charge in [0.15, 0.2) is 0 Å². The van der Waals surface area contributed by atoms with Crippen LogP contribution in [0, 0.1) is 11.8 Å². The number of nitrogens with zero attached hydrogens (tertiary/aromatic N) is 2. The summed E-state index contributed by atoms with van der Waals surface area (Å²) in [6.45, 7) is 16.4. The number of carbonyl (C=O) groups excluding carboxylic acids is 2.